The highest BCUT2D eigenvalue weighted by atomic mass is 19.3. The number of nitro benzene ring substituents is 1. The molecule has 6 nitrogen and oxygen atoms in total. The molecule has 1 heterocycles. The Morgan fingerprint density at radius 1 is 1.52 bits per heavy atom. The van der Waals surface area contributed by atoms with E-state index in [0.717, 1.165) is 19.4 Å². The molecular formula is C13H16F2N2O4. The number of methoxy groups -OCH3 is 1. The van der Waals surface area contributed by atoms with Crippen LogP contribution >= 0.6 is 0 Å². The van der Waals surface area contributed by atoms with Crippen LogP contribution < -0.4 is 9.64 Å². The average Bonchev–Trinajstić information content (AvgIpc) is 2.86. The van der Waals surface area contributed by atoms with Crippen LogP contribution in [0.3, 0.4) is 0 Å². The van der Waals surface area contributed by atoms with Crippen LogP contribution in [0.5, 0.6) is 5.75 Å². The normalized spacial score (nSPS) is 18.3. The molecule has 1 atom stereocenters. The molecule has 1 aliphatic heterocycles. The molecular weight excluding hydrogens is 286 g/mol. The predicted octanol–water partition coefficient (Wildman–Crippen LogP) is 2.81. The zero-order valence-electron chi connectivity index (χ0n) is 11.5. The van der Waals surface area contributed by atoms with Crippen LogP contribution in [0.4, 0.5) is 20.2 Å². The first kappa shape index (κ1) is 15.4. The van der Waals surface area contributed by atoms with Gasteiger partial charge in [-0.25, -0.2) is 0 Å². The number of rotatable bonds is 6. The first-order valence-electron chi connectivity index (χ1n) is 6.51. The van der Waals surface area contributed by atoms with Gasteiger partial charge in [0, 0.05) is 31.5 Å². The van der Waals surface area contributed by atoms with Gasteiger partial charge >= 0.3 is 12.3 Å². The first-order valence-corrected chi connectivity index (χ1v) is 6.51. The number of anilines is 1. The summed E-state index contributed by atoms with van der Waals surface area (Å²) in [5, 5.41) is 10.8. The van der Waals surface area contributed by atoms with Crippen LogP contribution in [0.25, 0.3) is 0 Å². The van der Waals surface area contributed by atoms with Crippen LogP contribution in [0.1, 0.15) is 12.8 Å². The molecule has 1 aromatic carbocycles. The molecule has 8 heteroatoms. The maximum absolute atomic E-state index is 12.4. The van der Waals surface area contributed by atoms with Crippen molar-refractivity contribution in [3.05, 3.63) is 28.3 Å². The fourth-order valence-electron chi connectivity index (χ4n) is 2.56. The summed E-state index contributed by atoms with van der Waals surface area (Å²) in [6.07, 6.45) is 1.88. The molecule has 21 heavy (non-hydrogen) atoms. The maximum Gasteiger partial charge on any atom is 0.387 e. The van der Waals surface area contributed by atoms with Crippen molar-refractivity contribution in [1.82, 2.24) is 0 Å². The number of halogens is 2. The Labute approximate surface area is 120 Å². The minimum Gasteiger partial charge on any atom is -0.427 e. The van der Waals surface area contributed by atoms with Crippen molar-refractivity contribution in [2.24, 2.45) is 0 Å². The molecule has 0 radical (unpaired) electrons. The summed E-state index contributed by atoms with van der Waals surface area (Å²) in [7, 11) is 1.59. The molecule has 1 aliphatic rings. The lowest BCUT2D eigenvalue weighted by Crippen LogP contribution is -2.32. The van der Waals surface area contributed by atoms with Gasteiger partial charge < -0.3 is 14.4 Å². The Balaban J connectivity index is 2.30. The van der Waals surface area contributed by atoms with E-state index in [4.69, 9.17) is 4.74 Å². The largest absolute Gasteiger partial charge is 0.427 e. The molecule has 116 valence electrons. The minimum absolute atomic E-state index is 0.135. The summed E-state index contributed by atoms with van der Waals surface area (Å²) >= 11 is 0. The van der Waals surface area contributed by atoms with E-state index in [1.807, 2.05) is 4.90 Å². The topological polar surface area (TPSA) is 64.8 Å². The number of nitro groups is 1. The van der Waals surface area contributed by atoms with E-state index in [1.165, 1.54) is 12.1 Å². The summed E-state index contributed by atoms with van der Waals surface area (Å²) in [6.45, 7) is -1.84. The molecule has 1 aromatic rings. The number of hydrogen-bond donors (Lipinski definition) is 0. The average molecular weight is 302 g/mol. The summed E-state index contributed by atoms with van der Waals surface area (Å²) in [5.41, 5.74) is 0.150. The molecule has 0 spiro atoms. The maximum atomic E-state index is 12.4. The van der Waals surface area contributed by atoms with E-state index in [2.05, 4.69) is 4.74 Å². The predicted molar refractivity (Wildman–Crippen MR) is 72.0 cm³/mol. The zero-order chi connectivity index (χ0) is 15.4. The highest BCUT2D eigenvalue weighted by Gasteiger charge is 2.27. The third kappa shape index (κ3) is 3.57. The van der Waals surface area contributed by atoms with Crippen molar-refractivity contribution >= 4 is 11.4 Å². The van der Waals surface area contributed by atoms with E-state index in [9.17, 15) is 18.9 Å². The Bertz CT molecular complexity index is 513. The molecule has 1 fully saturated rings. The van der Waals surface area contributed by atoms with Gasteiger partial charge in [-0.15, -0.1) is 0 Å². The molecule has 0 saturated carbocycles. The molecule has 1 saturated heterocycles. The number of benzene rings is 1. The van der Waals surface area contributed by atoms with E-state index in [-0.39, 0.29) is 6.04 Å². The lowest BCUT2D eigenvalue weighted by atomic mass is 10.2. The van der Waals surface area contributed by atoms with E-state index >= 15 is 0 Å². The lowest BCUT2D eigenvalue weighted by molar-refractivity contribution is -0.386. The van der Waals surface area contributed by atoms with Crippen molar-refractivity contribution in [3.8, 4) is 5.75 Å². The van der Waals surface area contributed by atoms with E-state index in [0.29, 0.717) is 12.3 Å². The van der Waals surface area contributed by atoms with Crippen molar-refractivity contribution in [2.75, 3.05) is 25.2 Å². The van der Waals surface area contributed by atoms with Gasteiger partial charge in [-0.3, -0.25) is 10.1 Å². The zero-order valence-corrected chi connectivity index (χ0v) is 11.5. The molecule has 1 unspecified atom stereocenters. The number of nitrogens with zero attached hydrogens (tertiary/aromatic N) is 2. The monoisotopic (exact) mass is 302 g/mol. The molecule has 0 N–H and O–H groups in total. The van der Waals surface area contributed by atoms with Gasteiger partial charge in [-0.1, -0.05) is 0 Å². The highest BCUT2D eigenvalue weighted by Crippen LogP contribution is 2.35. The van der Waals surface area contributed by atoms with Crippen molar-refractivity contribution in [1.29, 1.82) is 0 Å². The van der Waals surface area contributed by atoms with Crippen LogP contribution in [-0.4, -0.2) is 37.8 Å². The third-order valence-electron chi connectivity index (χ3n) is 3.42. The Kier molecular flexibility index (Phi) is 4.89. The van der Waals surface area contributed by atoms with Gasteiger partial charge in [-0.2, -0.15) is 8.78 Å². The molecule has 0 amide bonds. The molecule has 0 aromatic heterocycles. The van der Waals surface area contributed by atoms with Gasteiger partial charge in [-0.05, 0) is 18.9 Å². The number of ether oxygens (including phenoxy) is 2. The first-order chi connectivity index (χ1) is 10.0. The smallest absolute Gasteiger partial charge is 0.387 e. The number of hydrogen-bond acceptors (Lipinski definition) is 5. The Morgan fingerprint density at radius 2 is 2.29 bits per heavy atom. The van der Waals surface area contributed by atoms with Crippen LogP contribution in [0.2, 0.25) is 0 Å². The van der Waals surface area contributed by atoms with Crippen LogP contribution in [0.15, 0.2) is 18.2 Å². The lowest BCUT2D eigenvalue weighted by Gasteiger charge is -2.26. The summed E-state index contributed by atoms with van der Waals surface area (Å²) < 4.78 is 34.2. The highest BCUT2D eigenvalue weighted by molar-refractivity contribution is 5.60. The number of alkyl halides is 2. The van der Waals surface area contributed by atoms with Crippen LogP contribution in [0, 0.1) is 10.1 Å². The van der Waals surface area contributed by atoms with Gasteiger partial charge in [0.25, 0.3) is 0 Å². The van der Waals surface area contributed by atoms with Gasteiger partial charge in [0.15, 0.2) is 0 Å². The van der Waals surface area contributed by atoms with Crippen LogP contribution in [-0.2, 0) is 4.74 Å². The minimum atomic E-state index is -3.10. The van der Waals surface area contributed by atoms with Crippen molar-refractivity contribution in [2.45, 2.75) is 25.5 Å². The second-order valence-electron chi connectivity index (χ2n) is 4.73. The van der Waals surface area contributed by atoms with Crippen molar-refractivity contribution in [3.63, 3.8) is 0 Å². The molecule has 0 aliphatic carbocycles. The second-order valence-corrected chi connectivity index (χ2v) is 4.73. The molecule has 0 bridgehead atoms. The van der Waals surface area contributed by atoms with E-state index in [1.54, 1.807) is 13.2 Å². The van der Waals surface area contributed by atoms with Gasteiger partial charge in [0.2, 0.25) is 5.75 Å². The summed E-state index contributed by atoms with van der Waals surface area (Å²) in [5.74, 6) is -0.421. The fourth-order valence-corrected chi connectivity index (χ4v) is 2.56. The Hall–Kier alpha value is -1.96. The van der Waals surface area contributed by atoms with Gasteiger partial charge in [0.1, 0.15) is 0 Å². The van der Waals surface area contributed by atoms with Gasteiger partial charge in [0.05, 0.1) is 17.6 Å². The molecule has 2 rings (SSSR count). The SMILES string of the molecule is COCC1CCCN1c1ccc([N+](=O)[O-])c(OC(F)F)c1. The van der Waals surface area contributed by atoms with E-state index < -0.39 is 23.0 Å². The Morgan fingerprint density at radius 3 is 2.90 bits per heavy atom. The summed E-state index contributed by atoms with van der Waals surface area (Å²) in [4.78, 5) is 12.1. The standard InChI is InChI=1S/C13H16F2N2O4/c1-20-8-10-3-2-6-16(10)9-4-5-11(17(18)19)12(7-9)21-13(14)15/h4-5,7,10,13H,2-3,6,8H2,1H3. The summed E-state index contributed by atoms with van der Waals surface area (Å²) in [6, 6.07) is 4.16. The van der Waals surface area contributed by atoms with Crippen molar-refractivity contribution < 1.29 is 23.2 Å². The third-order valence-corrected chi connectivity index (χ3v) is 3.42. The quantitative estimate of drug-likeness (QED) is 0.597. The second kappa shape index (κ2) is 6.66. The fraction of sp³-hybridized carbons (Fsp3) is 0.538.